The molecule has 2 aromatic rings. The number of hydrogen-bond donors (Lipinski definition) is 1. The molecule has 1 saturated heterocycles. The minimum atomic E-state index is -0.547. The normalized spacial score (nSPS) is 21.4. The van der Waals surface area contributed by atoms with Crippen LogP contribution in [-0.4, -0.2) is 52.4 Å². The minimum absolute atomic E-state index is 0.0248. The Morgan fingerprint density at radius 1 is 1.38 bits per heavy atom. The van der Waals surface area contributed by atoms with Gasteiger partial charge in [0.25, 0.3) is 0 Å². The van der Waals surface area contributed by atoms with E-state index in [1.165, 1.54) is 18.2 Å². The van der Waals surface area contributed by atoms with Crippen LogP contribution >= 0.6 is 11.6 Å². The quantitative estimate of drug-likeness (QED) is 0.826. The van der Waals surface area contributed by atoms with Crippen molar-refractivity contribution in [3.63, 3.8) is 0 Å². The highest BCUT2D eigenvalue weighted by Gasteiger charge is 2.36. The van der Waals surface area contributed by atoms with Crippen LogP contribution in [0.5, 0.6) is 0 Å². The van der Waals surface area contributed by atoms with Gasteiger partial charge in [0.15, 0.2) is 0 Å². The van der Waals surface area contributed by atoms with Gasteiger partial charge < -0.3 is 19.9 Å². The summed E-state index contributed by atoms with van der Waals surface area (Å²) in [5.74, 6) is -0.572. The van der Waals surface area contributed by atoms with Crippen LogP contribution in [0.2, 0.25) is 5.02 Å². The molecule has 8 nitrogen and oxygen atoms in total. The summed E-state index contributed by atoms with van der Waals surface area (Å²) in [6, 6.07) is 3.58. The molecule has 0 spiro atoms. The van der Waals surface area contributed by atoms with E-state index in [4.69, 9.17) is 16.3 Å². The van der Waals surface area contributed by atoms with Gasteiger partial charge in [-0.2, -0.15) is 5.10 Å². The van der Waals surface area contributed by atoms with Gasteiger partial charge in [-0.1, -0.05) is 11.6 Å². The van der Waals surface area contributed by atoms with Crippen molar-refractivity contribution in [1.82, 2.24) is 14.7 Å². The smallest absolute Gasteiger partial charge is 0.322 e. The summed E-state index contributed by atoms with van der Waals surface area (Å²) in [7, 11) is 1.59. The average molecular weight is 422 g/mol. The number of ether oxygens (including phenoxy) is 1. The number of urea groups is 1. The summed E-state index contributed by atoms with van der Waals surface area (Å²) in [6.45, 7) is 3.18. The Morgan fingerprint density at radius 2 is 2.17 bits per heavy atom. The third kappa shape index (κ3) is 3.67. The second-order valence-corrected chi connectivity index (χ2v) is 7.67. The van der Waals surface area contributed by atoms with Gasteiger partial charge in [0.2, 0.25) is 5.91 Å². The van der Waals surface area contributed by atoms with Crippen LogP contribution in [0, 0.1) is 5.82 Å². The summed E-state index contributed by atoms with van der Waals surface area (Å²) in [4.78, 5) is 28.6. The van der Waals surface area contributed by atoms with E-state index in [2.05, 4.69) is 10.4 Å². The van der Waals surface area contributed by atoms with Crippen LogP contribution in [0.15, 0.2) is 24.4 Å². The van der Waals surface area contributed by atoms with Crippen LogP contribution < -0.4 is 10.2 Å². The molecule has 10 heteroatoms. The first-order valence-corrected chi connectivity index (χ1v) is 9.65. The van der Waals surface area contributed by atoms with Crippen molar-refractivity contribution in [2.24, 2.45) is 0 Å². The molecule has 1 aromatic heterocycles. The van der Waals surface area contributed by atoms with Gasteiger partial charge in [-0.3, -0.25) is 9.48 Å². The molecule has 1 N–H and O–H groups in total. The minimum Gasteiger partial charge on any atom is -0.379 e. The topological polar surface area (TPSA) is 79.7 Å². The fourth-order valence-electron chi connectivity index (χ4n) is 3.72. The largest absolute Gasteiger partial charge is 0.379 e. The zero-order chi connectivity index (χ0) is 20.7. The molecule has 2 aliphatic rings. The molecule has 4 rings (SSSR count). The first kappa shape index (κ1) is 19.7. The number of methoxy groups -OCH3 is 1. The summed E-state index contributed by atoms with van der Waals surface area (Å²) >= 11 is 5.80. The molecule has 0 aliphatic carbocycles. The summed E-state index contributed by atoms with van der Waals surface area (Å²) in [6.07, 6.45) is 1.84. The van der Waals surface area contributed by atoms with Crippen molar-refractivity contribution in [3.05, 3.63) is 40.9 Å². The van der Waals surface area contributed by atoms with Crippen LogP contribution in [0.1, 0.15) is 19.0 Å². The highest BCUT2D eigenvalue weighted by molar-refractivity contribution is 6.31. The molecule has 3 amide bonds. The van der Waals surface area contributed by atoms with Crippen LogP contribution in [0.4, 0.5) is 20.6 Å². The van der Waals surface area contributed by atoms with Crippen molar-refractivity contribution in [2.75, 3.05) is 23.9 Å². The molecule has 2 atom stereocenters. The molecule has 29 heavy (non-hydrogen) atoms. The van der Waals surface area contributed by atoms with Crippen molar-refractivity contribution >= 4 is 34.9 Å². The lowest BCUT2D eigenvalue weighted by Crippen LogP contribution is -2.47. The number of aromatic nitrogens is 2. The average Bonchev–Trinajstić information content (AvgIpc) is 3.26. The predicted molar refractivity (Wildman–Crippen MR) is 105 cm³/mol. The van der Waals surface area contributed by atoms with Crippen LogP contribution in [0.25, 0.3) is 0 Å². The van der Waals surface area contributed by atoms with Crippen molar-refractivity contribution in [1.29, 1.82) is 0 Å². The van der Waals surface area contributed by atoms with E-state index >= 15 is 0 Å². The standard InChI is InChI=1S/C19H21ClFN5O3/c1-11-8-26-17(16(7-22-26)25-9-13(29-2)6-18(25)27)10-24(11)19(28)23-12-3-4-15(21)14(20)5-12/h3-5,7,11,13H,6,8-10H2,1-2H3,(H,23,28). The van der Waals surface area contributed by atoms with Gasteiger partial charge in [-0.05, 0) is 25.1 Å². The van der Waals surface area contributed by atoms with E-state index in [1.54, 1.807) is 23.1 Å². The van der Waals surface area contributed by atoms with Gasteiger partial charge >= 0.3 is 6.03 Å². The zero-order valence-electron chi connectivity index (χ0n) is 16.1. The number of nitrogens with one attached hydrogen (secondary N) is 1. The predicted octanol–water partition coefficient (Wildman–Crippen LogP) is 2.86. The number of anilines is 2. The number of carbonyl (C=O) groups is 2. The maximum atomic E-state index is 13.4. The number of hydrogen-bond acceptors (Lipinski definition) is 4. The van der Waals surface area contributed by atoms with Crippen molar-refractivity contribution in [2.45, 2.75) is 38.6 Å². The van der Waals surface area contributed by atoms with Gasteiger partial charge in [0.05, 0.1) is 60.8 Å². The molecular formula is C19H21ClFN5O3. The molecule has 1 aromatic carbocycles. The Balaban J connectivity index is 1.54. The Kier molecular flexibility index (Phi) is 5.18. The van der Waals surface area contributed by atoms with Gasteiger partial charge in [0.1, 0.15) is 5.82 Å². The number of fused-ring (bicyclic) bond motifs is 1. The number of benzene rings is 1. The molecule has 154 valence electrons. The third-order valence-corrected chi connectivity index (χ3v) is 5.65. The van der Waals surface area contributed by atoms with Gasteiger partial charge in [-0.15, -0.1) is 0 Å². The Bertz CT molecular complexity index is 965. The fraction of sp³-hybridized carbons (Fsp3) is 0.421. The molecule has 2 unspecified atom stereocenters. The molecule has 3 heterocycles. The first-order chi connectivity index (χ1) is 13.9. The van der Waals surface area contributed by atoms with E-state index in [0.717, 1.165) is 5.69 Å². The second-order valence-electron chi connectivity index (χ2n) is 7.26. The molecule has 0 bridgehead atoms. The molecule has 0 saturated carbocycles. The molecule has 2 aliphatic heterocycles. The van der Waals surface area contributed by atoms with E-state index in [0.29, 0.717) is 37.4 Å². The van der Waals surface area contributed by atoms with Crippen LogP contribution in [-0.2, 0) is 22.6 Å². The fourth-order valence-corrected chi connectivity index (χ4v) is 3.90. The van der Waals surface area contributed by atoms with E-state index in [-0.39, 0.29) is 29.1 Å². The number of carbonyl (C=O) groups excluding carboxylic acids is 2. The maximum absolute atomic E-state index is 13.4. The number of halogens is 2. The number of rotatable bonds is 3. The highest BCUT2D eigenvalue weighted by Crippen LogP contribution is 2.31. The van der Waals surface area contributed by atoms with Gasteiger partial charge in [0, 0.05) is 12.8 Å². The van der Waals surface area contributed by atoms with E-state index in [9.17, 15) is 14.0 Å². The molecule has 1 fully saturated rings. The van der Waals surface area contributed by atoms with Gasteiger partial charge in [-0.25, -0.2) is 9.18 Å². The molecule has 0 radical (unpaired) electrons. The molecular weight excluding hydrogens is 401 g/mol. The lowest BCUT2D eigenvalue weighted by Gasteiger charge is -2.35. The van der Waals surface area contributed by atoms with Crippen molar-refractivity contribution in [3.8, 4) is 0 Å². The Morgan fingerprint density at radius 3 is 2.86 bits per heavy atom. The maximum Gasteiger partial charge on any atom is 0.322 e. The van der Waals surface area contributed by atoms with Crippen LogP contribution in [0.3, 0.4) is 0 Å². The summed E-state index contributed by atoms with van der Waals surface area (Å²) in [5, 5.41) is 7.09. The Hall–Kier alpha value is -2.65. The summed E-state index contributed by atoms with van der Waals surface area (Å²) < 4.78 is 20.5. The Labute approximate surface area is 172 Å². The first-order valence-electron chi connectivity index (χ1n) is 9.28. The third-order valence-electron chi connectivity index (χ3n) is 5.36. The highest BCUT2D eigenvalue weighted by atomic mass is 35.5. The lowest BCUT2D eigenvalue weighted by molar-refractivity contribution is -0.117. The van der Waals surface area contributed by atoms with E-state index in [1.807, 2.05) is 11.6 Å². The monoisotopic (exact) mass is 421 g/mol. The zero-order valence-corrected chi connectivity index (χ0v) is 16.8. The number of nitrogens with zero attached hydrogens (tertiary/aromatic N) is 4. The second kappa shape index (κ2) is 7.64. The van der Waals surface area contributed by atoms with E-state index < -0.39 is 5.82 Å². The lowest BCUT2D eigenvalue weighted by atomic mass is 10.2. The SMILES string of the molecule is COC1CC(=O)N(c2cnn3c2CN(C(=O)Nc2ccc(F)c(Cl)c2)C(C)C3)C1. The van der Waals surface area contributed by atoms with Crippen molar-refractivity contribution < 1.29 is 18.7 Å². The summed E-state index contributed by atoms with van der Waals surface area (Å²) in [5.41, 5.74) is 1.90. The number of amides is 3.